The molecule has 3 rings (SSSR count). The zero-order chi connectivity index (χ0) is 19.3. The molecule has 140 valence electrons. The van der Waals surface area contributed by atoms with E-state index in [9.17, 15) is 19.5 Å². The van der Waals surface area contributed by atoms with Crippen molar-refractivity contribution in [2.75, 3.05) is 16.8 Å². The van der Waals surface area contributed by atoms with Gasteiger partial charge < -0.3 is 15.7 Å². The van der Waals surface area contributed by atoms with Crippen LogP contribution >= 0.6 is 11.8 Å². The van der Waals surface area contributed by atoms with Gasteiger partial charge in [0.05, 0.1) is 5.56 Å². The van der Waals surface area contributed by atoms with Crippen molar-refractivity contribution in [3.05, 3.63) is 59.9 Å². The number of carbonyl (C=O) groups is 3. The maximum Gasteiger partial charge on any atom is 0.329 e. The third-order valence-electron chi connectivity index (χ3n) is 4.41. The number of nitrogens with zero attached hydrogens (tertiary/aromatic N) is 1. The first kappa shape index (κ1) is 18.9. The Bertz CT molecular complexity index is 851. The van der Waals surface area contributed by atoms with Crippen LogP contribution in [0.25, 0.3) is 0 Å². The molecule has 0 spiro atoms. The molecule has 8 heteroatoms. The van der Waals surface area contributed by atoms with Crippen LogP contribution in [0.4, 0.5) is 5.69 Å². The Morgan fingerprint density at radius 2 is 1.78 bits per heavy atom. The minimum absolute atomic E-state index is 0.290. The van der Waals surface area contributed by atoms with E-state index in [1.165, 1.54) is 12.3 Å². The number of hydrogen-bond acceptors (Lipinski definition) is 5. The summed E-state index contributed by atoms with van der Waals surface area (Å²) in [6, 6.07) is 9.70. The van der Waals surface area contributed by atoms with Crippen LogP contribution < -0.4 is 10.6 Å². The van der Waals surface area contributed by atoms with Crippen LogP contribution in [0.3, 0.4) is 0 Å². The number of hydrogen-bond donors (Lipinski definition) is 3. The summed E-state index contributed by atoms with van der Waals surface area (Å²) in [7, 11) is 0. The Morgan fingerprint density at radius 1 is 1.04 bits per heavy atom. The van der Waals surface area contributed by atoms with E-state index in [0.29, 0.717) is 35.6 Å². The number of nitrogens with one attached hydrogen (secondary N) is 2. The molecule has 1 saturated heterocycles. The minimum atomic E-state index is -1.24. The number of benzene rings is 1. The second-order valence-corrected chi connectivity index (χ2v) is 7.46. The summed E-state index contributed by atoms with van der Waals surface area (Å²) in [5, 5.41) is 15.0. The van der Waals surface area contributed by atoms with Crippen LogP contribution in [-0.2, 0) is 4.79 Å². The van der Waals surface area contributed by atoms with Crippen molar-refractivity contribution in [3.63, 3.8) is 0 Å². The number of rotatable bonds is 5. The van der Waals surface area contributed by atoms with Crippen LogP contribution in [0.2, 0.25) is 0 Å². The largest absolute Gasteiger partial charge is 0.480 e. The number of aromatic nitrogens is 1. The molecule has 0 atom stereocenters. The molecule has 2 heterocycles. The van der Waals surface area contributed by atoms with Gasteiger partial charge in [0.2, 0.25) is 0 Å². The fourth-order valence-electron chi connectivity index (χ4n) is 2.84. The van der Waals surface area contributed by atoms with E-state index in [0.717, 1.165) is 0 Å². The molecule has 2 amide bonds. The minimum Gasteiger partial charge on any atom is -0.480 e. The van der Waals surface area contributed by atoms with Crippen molar-refractivity contribution in [1.82, 2.24) is 10.3 Å². The monoisotopic (exact) mass is 385 g/mol. The fourth-order valence-corrected chi connectivity index (χ4v) is 4.03. The standard InChI is InChI=1S/C19H19N3O4S/c23-16(14-4-2-8-20-12-14)21-15-5-1-3-13(11-15)17(24)22-19(18(25)26)6-9-27-10-7-19/h1-5,8,11-12H,6-7,9-10H2,(H,21,23)(H,22,24)(H,25,26). The Kier molecular flexibility index (Phi) is 5.75. The van der Waals surface area contributed by atoms with Gasteiger partial charge in [-0.3, -0.25) is 14.6 Å². The van der Waals surface area contributed by atoms with Crippen molar-refractivity contribution in [3.8, 4) is 0 Å². The first-order chi connectivity index (χ1) is 13.0. The highest BCUT2D eigenvalue weighted by molar-refractivity contribution is 7.99. The number of anilines is 1. The smallest absolute Gasteiger partial charge is 0.329 e. The van der Waals surface area contributed by atoms with Crippen LogP contribution in [-0.4, -0.2) is 44.9 Å². The van der Waals surface area contributed by atoms with E-state index in [4.69, 9.17) is 0 Å². The summed E-state index contributed by atoms with van der Waals surface area (Å²) in [5.41, 5.74) is -0.105. The van der Waals surface area contributed by atoms with Gasteiger partial charge in [0.15, 0.2) is 0 Å². The third kappa shape index (κ3) is 4.46. The first-order valence-corrected chi connectivity index (χ1v) is 9.61. The summed E-state index contributed by atoms with van der Waals surface area (Å²) in [4.78, 5) is 40.5. The average molecular weight is 385 g/mol. The topological polar surface area (TPSA) is 108 Å². The van der Waals surface area contributed by atoms with Crippen molar-refractivity contribution in [1.29, 1.82) is 0 Å². The molecule has 0 radical (unpaired) electrons. The lowest BCUT2D eigenvalue weighted by Crippen LogP contribution is -2.56. The van der Waals surface area contributed by atoms with E-state index in [1.807, 2.05) is 0 Å². The SMILES string of the molecule is O=C(Nc1cccc(C(=O)NC2(C(=O)O)CCSCC2)c1)c1cccnc1. The van der Waals surface area contributed by atoms with Crippen molar-refractivity contribution in [2.24, 2.45) is 0 Å². The number of aliphatic carboxylic acids is 1. The lowest BCUT2D eigenvalue weighted by molar-refractivity contribution is -0.144. The molecule has 1 aliphatic rings. The van der Waals surface area contributed by atoms with Crippen LogP contribution in [0, 0.1) is 0 Å². The van der Waals surface area contributed by atoms with Crippen LogP contribution in [0.5, 0.6) is 0 Å². The number of thioether (sulfide) groups is 1. The van der Waals surface area contributed by atoms with Gasteiger partial charge in [-0.2, -0.15) is 11.8 Å². The molecule has 0 aliphatic carbocycles. The molecule has 0 unspecified atom stereocenters. The number of carboxylic acid groups (broad SMARTS) is 1. The molecule has 1 aromatic carbocycles. The predicted octanol–water partition coefficient (Wildman–Crippen LogP) is 2.41. The van der Waals surface area contributed by atoms with Crippen molar-refractivity contribution >= 4 is 35.2 Å². The zero-order valence-corrected chi connectivity index (χ0v) is 15.3. The summed E-state index contributed by atoms with van der Waals surface area (Å²) in [5.74, 6) is -0.451. The summed E-state index contributed by atoms with van der Waals surface area (Å²) >= 11 is 1.68. The highest BCUT2D eigenvalue weighted by atomic mass is 32.2. The quantitative estimate of drug-likeness (QED) is 0.729. The molecule has 1 fully saturated rings. The summed E-state index contributed by atoms with van der Waals surface area (Å²) in [6.07, 6.45) is 3.79. The number of carbonyl (C=O) groups excluding carboxylic acids is 2. The normalized spacial score (nSPS) is 15.6. The second kappa shape index (κ2) is 8.22. The van der Waals surface area contributed by atoms with E-state index in [2.05, 4.69) is 15.6 Å². The maximum absolute atomic E-state index is 12.6. The number of carboxylic acids is 1. The Morgan fingerprint density at radius 3 is 2.44 bits per heavy atom. The Hall–Kier alpha value is -2.87. The zero-order valence-electron chi connectivity index (χ0n) is 14.5. The summed E-state index contributed by atoms with van der Waals surface area (Å²) < 4.78 is 0. The third-order valence-corrected chi connectivity index (χ3v) is 5.40. The second-order valence-electron chi connectivity index (χ2n) is 6.23. The van der Waals surface area contributed by atoms with E-state index < -0.39 is 17.4 Å². The van der Waals surface area contributed by atoms with Crippen molar-refractivity contribution in [2.45, 2.75) is 18.4 Å². The molecule has 0 saturated carbocycles. The van der Waals surface area contributed by atoms with Gasteiger partial charge in [-0.15, -0.1) is 0 Å². The number of amides is 2. The van der Waals surface area contributed by atoms with E-state index >= 15 is 0 Å². The lowest BCUT2D eigenvalue weighted by atomic mass is 9.92. The molecule has 1 aliphatic heterocycles. The molecule has 0 bridgehead atoms. The van der Waals surface area contributed by atoms with Gasteiger partial charge in [0.1, 0.15) is 5.54 Å². The van der Waals surface area contributed by atoms with Crippen LogP contribution in [0.15, 0.2) is 48.8 Å². The van der Waals surface area contributed by atoms with E-state index in [1.54, 1.807) is 48.3 Å². The molecular formula is C19H19N3O4S. The van der Waals surface area contributed by atoms with Gasteiger partial charge in [-0.25, -0.2) is 4.79 Å². The van der Waals surface area contributed by atoms with Gasteiger partial charge in [-0.1, -0.05) is 6.07 Å². The van der Waals surface area contributed by atoms with Gasteiger partial charge >= 0.3 is 5.97 Å². The Balaban J connectivity index is 1.73. The maximum atomic E-state index is 12.6. The average Bonchev–Trinajstić information content (AvgIpc) is 2.69. The van der Waals surface area contributed by atoms with Gasteiger partial charge in [0, 0.05) is 23.6 Å². The van der Waals surface area contributed by atoms with Crippen LogP contribution in [0.1, 0.15) is 33.6 Å². The molecule has 27 heavy (non-hydrogen) atoms. The fraction of sp³-hybridized carbons (Fsp3) is 0.263. The number of pyridine rings is 1. The lowest BCUT2D eigenvalue weighted by Gasteiger charge is -2.33. The first-order valence-electron chi connectivity index (χ1n) is 8.45. The van der Waals surface area contributed by atoms with E-state index in [-0.39, 0.29) is 11.5 Å². The molecule has 3 N–H and O–H groups in total. The molecule has 7 nitrogen and oxygen atoms in total. The highest BCUT2D eigenvalue weighted by Crippen LogP contribution is 2.28. The van der Waals surface area contributed by atoms with Gasteiger partial charge in [0.25, 0.3) is 11.8 Å². The summed E-state index contributed by atoms with van der Waals surface area (Å²) in [6.45, 7) is 0. The van der Waals surface area contributed by atoms with Crippen molar-refractivity contribution < 1.29 is 19.5 Å². The Labute approximate surface area is 160 Å². The molecular weight excluding hydrogens is 366 g/mol. The molecule has 2 aromatic rings. The molecule has 1 aromatic heterocycles. The predicted molar refractivity (Wildman–Crippen MR) is 103 cm³/mol. The van der Waals surface area contributed by atoms with Gasteiger partial charge in [-0.05, 0) is 54.7 Å². The highest BCUT2D eigenvalue weighted by Gasteiger charge is 2.41.